The van der Waals surface area contributed by atoms with Crippen molar-refractivity contribution in [2.24, 2.45) is 0 Å². The molecule has 1 aliphatic rings. The number of halogens is 1. The molecule has 0 atom stereocenters. The van der Waals surface area contributed by atoms with Gasteiger partial charge in [0.05, 0.1) is 14.2 Å². The molecule has 0 saturated carbocycles. The number of carbonyl (C=O) groups is 1. The highest BCUT2D eigenvalue weighted by Crippen LogP contribution is 2.35. The average Bonchev–Trinajstić information content (AvgIpc) is 2.58. The van der Waals surface area contributed by atoms with E-state index in [0.29, 0.717) is 28.5 Å². The lowest BCUT2D eigenvalue weighted by molar-refractivity contribution is 0.102. The second kappa shape index (κ2) is 6.47. The number of hydrogen-bond donors (Lipinski definition) is 0. The van der Waals surface area contributed by atoms with Gasteiger partial charge in [0, 0.05) is 16.2 Å². The molecule has 23 heavy (non-hydrogen) atoms. The minimum Gasteiger partial charge on any atom is -0.493 e. The number of rotatable bonds is 3. The van der Waals surface area contributed by atoms with Crippen molar-refractivity contribution in [3.05, 3.63) is 63.7 Å². The topological polar surface area (TPSA) is 35.5 Å². The lowest BCUT2D eigenvalue weighted by atomic mass is 9.85. The maximum absolute atomic E-state index is 12.8. The number of aryl methyl sites for hydroxylation is 1. The molecule has 0 spiro atoms. The fraction of sp³-hybridized carbons (Fsp3) is 0.211. The largest absolute Gasteiger partial charge is 0.493 e. The number of hydrogen-bond acceptors (Lipinski definition) is 3. The van der Waals surface area contributed by atoms with Crippen LogP contribution in [0.25, 0.3) is 6.08 Å². The summed E-state index contributed by atoms with van der Waals surface area (Å²) in [5.41, 5.74) is 3.46. The van der Waals surface area contributed by atoms with Crippen molar-refractivity contribution in [3.63, 3.8) is 0 Å². The third-order valence-corrected chi connectivity index (χ3v) is 4.27. The summed E-state index contributed by atoms with van der Waals surface area (Å²) in [6, 6.07) is 11.1. The van der Waals surface area contributed by atoms with Gasteiger partial charge < -0.3 is 9.47 Å². The zero-order valence-corrected chi connectivity index (χ0v) is 13.8. The molecule has 0 bridgehead atoms. The van der Waals surface area contributed by atoms with Crippen LogP contribution in [0.1, 0.15) is 27.9 Å². The average molecular weight is 329 g/mol. The van der Waals surface area contributed by atoms with Crippen molar-refractivity contribution in [2.45, 2.75) is 12.8 Å². The van der Waals surface area contributed by atoms with Crippen molar-refractivity contribution in [3.8, 4) is 11.5 Å². The normalized spacial score (nSPS) is 15.4. The van der Waals surface area contributed by atoms with Gasteiger partial charge in [-0.05, 0) is 54.3 Å². The summed E-state index contributed by atoms with van der Waals surface area (Å²) in [5.74, 6) is 1.28. The second-order valence-electron chi connectivity index (χ2n) is 5.41. The Bertz CT molecular complexity index is 776. The Morgan fingerprint density at radius 3 is 2.30 bits per heavy atom. The molecule has 2 aromatic carbocycles. The van der Waals surface area contributed by atoms with Crippen LogP contribution in [0.4, 0.5) is 0 Å². The van der Waals surface area contributed by atoms with Crippen LogP contribution in [0.15, 0.2) is 42.0 Å². The van der Waals surface area contributed by atoms with E-state index in [4.69, 9.17) is 21.1 Å². The lowest BCUT2D eigenvalue weighted by Gasteiger charge is -2.20. The van der Waals surface area contributed by atoms with Crippen molar-refractivity contribution in [1.29, 1.82) is 0 Å². The Labute approximate surface area is 140 Å². The molecule has 118 valence electrons. The minimum atomic E-state index is 0.0437. The highest BCUT2D eigenvalue weighted by molar-refractivity contribution is 6.30. The first-order valence-corrected chi connectivity index (χ1v) is 7.76. The van der Waals surface area contributed by atoms with Gasteiger partial charge in [-0.2, -0.15) is 0 Å². The molecule has 0 unspecified atom stereocenters. The number of Topliss-reactive ketones (excluding diaryl/α,β-unsaturated/α-hetero) is 1. The van der Waals surface area contributed by atoms with Gasteiger partial charge >= 0.3 is 0 Å². The molecule has 3 nitrogen and oxygen atoms in total. The fourth-order valence-corrected chi connectivity index (χ4v) is 2.92. The predicted octanol–water partition coefficient (Wildman–Crippen LogP) is 4.57. The van der Waals surface area contributed by atoms with Crippen LogP contribution in [0.5, 0.6) is 11.5 Å². The van der Waals surface area contributed by atoms with Gasteiger partial charge in [0.1, 0.15) is 0 Å². The molecule has 1 aliphatic carbocycles. The SMILES string of the molecule is COc1cc2c(cc1OC)C(=O)C(=Cc1ccc(Cl)cc1)CC2. The van der Waals surface area contributed by atoms with Crippen LogP contribution in [-0.2, 0) is 6.42 Å². The van der Waals surface area contributed by atoms with Gasteiger partial charge in [0.15, 0.2) is 17.3 Å². The van der Waals surface area contributed by atoms with Crippen LogP contribution in [-0.4, -0.2) is 20.0 Å². The minimum absolute atomic E-state index is 0.0437. The third kappa shape index (κ3) is 3.10. The molecule has 0 aliphatic heterocycles. The summed E-state index contributed by atoms with van der Waals surface area (Å²) in [4.78, 5) is 12.8. The van der Waals surface area contributed by atoms with Crippen LogP contribution in [0.3, 0.4) is 0 Å². The van der Waals surface area contributed by atoms with E-state index < -0.39 is 0 Å². The van der Waals surface area contributed by atoms with E-state index in [2.05, 4.69) is 0 Å². The van der Waals surface area contributed by atoms with Crippen molar-refractivity contribution < 1.29 is 14.3 Å². The molecule has 0 heterocycles. The molecule has 0 saturated heterocycles. The van der Waals surface area contributed by atoms with Crippen molar-refractivity contribution >= 4 is 23.5 Å². The maximum Gasteiger partial charge on any atom is 0.189 e. The number of ketones is 1. The van der Waals surface area contributed by atoms with Gasteiger partial charge in [0.2, 0.25) is 0 Å². The lowest BCUT2D eigenvalue weighted by Crippen LogP contribution is -2.14. The molecule has 0 N–H and O–H groups in total. The summed E-state index contributed by atoms with van der Waals surface area (Å²) in [5, 5.41) is 0.685. The first kappa shape index (κ1) is 15.6. The number of fused-ring (bicyclic) bond motifs is 1. The number of methoxy groups -OCH3 is 2. The Kier molecular flexibility index (Phi) is 4.39. The zero-order chi connectivity index (χ0) is 16.4. The van der Waals surface area contributed by atoms with E-state index in [1.807, 2.05) is 36.4 Å². The van der Waals surface area contributed by atoms with Gasteiger partial charge in [-0.15, -0.1) is 0 Å². The van der Waals surface area contributed by atoms with Gasteiger partial charge in [-0.25, -0.2) is 0 Å². The Balaban J connectivity index is 1.98. The first-order valence-electron chi connectivity index (χ1n) is 7.38. The second-order valence-corrected chi connectivity index (χ2v) is 5.85. The van der Waals surface area contributed by atoms with Crippen molar-refractivity contribution in [1.82, 2.24) is 0 Å². The summed E-state index contributed by atoms with van der Waals surface area (Å²) in [7, 11) is 3.17. The van der Waals surface area contributed by atoms with E-state index in [9.17, 15) is 4.79 Å². The van der Waals surface area contributed by atoms with Gasteiger partial charge in [0.25, 0.3) is 0 Å². The molecule has 0 amide bonds. The summed E-state index contributed by atoms with van der Waals surface area (Å²) < 4.78 is 10.6. The highest BCUT2D eigenvalue weighted by Gasteiger charge is 2.24. The maximum atomic E-state index is 12.8. The number of benzene rings is 2. The Hall–Kier alpha value is -2.26. The molecule has 0 radical (unpaired) electrons. The molecule has 3 rings (SSSR count). The molecule has 0 aromatic heterocycles. The standard InChI is InChI=1S/C19H17ClO3/c1-22-17-10-13-5-6-14(9-12-3-7-15(20)8-4-12)19(21)16(13)11-18(17)23-2/h3-4,7-11H,5-6H2,1-2H3. The molecule has 0 fully saturated rings. The van der Waals surface area contributed by atoms with E-state index >= 15 is 0 Å². The molecular formula is C19H17ClO3. The molecule has 4 heteroatoms. The summed E-state index contributed by atoms with van der Waals surface area (Å²) in [6.07, 6.45) is 3.45. The smallest absolute Gasteiger partial charge is 0.189 e. The van der Waals surface area contributed by atoms with Gasteiger partial charge in [-0.1, -0.05) is 23.7 Å². The molecule has 2 aromatic rings. The van der Waals surface area contributed by atoms with E-state index in [1.54, 1.807) is 20.3 Å². The van der Waals surface area contributed by atoms with Gasteiger partial charge in [-0.3, -0.25) is 4.79 Å². The zero-order valence-electron chi connectivity index (χ0n) is 13.1. The summed E-state index contributed by atoms with van der Waals surface area (Å²) >= 11 is 5.90. The van der Waals surface area contributed by atoms with E-state index in [1.165, 1.54) is 0 Å². The highest BCUT2D eigenvalue weighted by atomic mass is 35.5. The van der Waals surface area contributed by atoms with Crippen LogP contribution >= 0.6 is 11.6 Å². The number of carbonyl (C=O) groups excluding carboxylic acids is 1. The molecular weight excluding hydrogens is 312 g/mol. The number of ether oxygens (including phenoxy) is 2. The number of allylic oxidation sites excluding steroid dienone is 1. The van der Waals surface area contributed by atoms with E-state index in [0.717, 1.165) is 23.1 Å². The van der Waals surface area contributed by atoms with Crippen LogP contribution in [0.2, 0.25) is 5.02 Å². The van der Waals surface area contributed by atoms with Crippen molar-refractivity contribution in [2.75, 3.05) is 14.2 Å². The quantitative estimate of drug-likeness (QED) is 0.774. The first-order chi connectivity index (χ1) is 11.1. The predicted molar refractivity (Wildman–Crippen MR) is 91.6 cm³/mol. The third-order valence-electron chi connectivity index (χ3n) is 4.02. The fourth-order valence-electron chi connectivity index (χ4n) is 2.79. The Morgan fingerprint density at radius 1 is 1.00 bits per heavy atom. The van der Waals surface area contributed by atoms with E-state index in [-0.39, 0.29) is 5.78 Å². The Morgan fingerprint density at radius 2 is 1.65 bits per heavy atom. The van der Waals surface area contributed by atoms with Crippen LogP contribution in [0, 0.1) is 0 Å². The van der Waals surface area contributed by atoms with Crippen LogP contribution < -0.4 is 9.47 Å². The monoisotopic (exact) mass is 328 g/mol. The summed E-state index contributed by atoms with van der Waals surface area (Å²) in [6.45, 7) is 0.